The molecule has 1 fully saturated rings. The summed E-state index contributed by atoms with van der Waals surface area (Å²) in [5.74, 6) is 0. The predicted octanol–water partition coefficient (Wildman–Crippen LogP) is 2.02. The largest absolute Gasteiger partial charge is 0.310 e. The summed E-state index contributed by atoms with van der Waals surface area (Å²) in [6, 6.07) is 0.765. The van der Waals surface area contributed by atoms with Crippen LogP contribution in [0.3, 0.4) is 0 Å². The molecule has 82 valence electrons. The van der Waals surface area contributed by atoms with Crippen LogP contribution in [0, 0.1) is 6.92 Å². The Morgan fingerprint density at radius 2 is 2.47 bits per heavy atom. The molecule has 0 bridgehead atoms. The maximum atomic E-state index is 4.38. The van der Waals surface area contributed by atoms with Crippen molar-refractivity contribution in [1.82, 2.24) is 15.1 Å². The first-order valence-electron chi connectivity index (χ1n) is 5.67. The van der Waals surface area contributed by atoms with E-state index in [1.54, 1.807) is 0 Å². The highest BCUT2D eigenvalue weighted by Gasteiger charge is 2.20. The van der Waals surface area contributed by atoms with Gasteiger partial charge in [-0.2, -0.15) is 5.10 Å². The van der Waals surface area contributed by atoms with Gasteiger partial charge in [0.15, 0.2) is 0 Å². The third-order valence-electron chi connectivity index (χ3n) is 2.91. The van der Waals surface area contributed by atoms with Gasteiger partial charge in [-0.3, -0.25) is 4.68 Å². The molecular formula is C12H19N3. The van der Waals surface area contributed by atoms with Crippen LogP contribution >= 0.6 is 0 Å². The van der Waals surface area contributed by atoms with Crippen molar-refractivity contribution in [2.24, 2.45) is 0 Å². The van der Waals surface area contributed by atoms with Gasteiger partial charge < -0.3 is 5.32 Å². The van der Waals surface area contributed by atoms with Crippen LogP contribution in [0.4, 0.5) is 0 Å². The van der Waals surface area contributed by atoms with Crippen molar-refractivity contribution < 1.29 is 0 Å². The molecule has 0 amide bonds. The second kappa shape index (κ2) is 4.62. The van der Waals surface area contributed by atoms with Crippen molar-refractivity contribution in [1.29, 1.82) is 0 Å². The topological polar surface area (TPSA) is 29.9 Å². The molecule has 0 atom stereocenters. The van der Waals surface area contributed by atoms with Gasteiger partial charge in [-0.05, 0) is 26.2 Å². The second-order valence-corrected chi connectivity index (χ2v) is 4.21. The quantitative estimate of drug-likeness (QED) is 0.720. The molecule has 3 heteroatoms. The smallest absolute Gasteiger partial charge is 0.0537 e. The summed E-state index contributed by atoms with van der Waals surface area (Å²) in [6.45, 7) is 7.77. The lowest BCUT2D eigenvalue weighted by Crippen LogP contribution is -2.15. The van der Waals surface area contributed by atoms with Crippen molar-refractivity contribution in [3.05, 3.63) is 30.1 Å². The molecule has 1 aromatic rings. The van der Waals surface area contributed by atoms with E-state index < -0.39 is 0 Å². The highest BCUT2D eigenvalue weighted by molar-refractivity contribution is 5.16. The summed E-state index contributed by atoms with van der Waals surface area (Å²) >= 11 is 0. The normalized spacial score (nSPS) is 15.5. The number of nitrogens with zero attached hydrogens (tertiary/aromatic N) is 2. The number of allylic oxidation sites excluding steroid dienone is 1. The van der Waals surface area contributed by atoms with E-state index in [0.29, 0.717) is 0 Å². The number of aromatic nitrogens is 2. The molecule has 1 aliphatic rings. The molecule has 3 nitrogen and oxygen atoms in total. The molecule has 1 aliphatic carbocycles. The minimum Gasteiger partial charge on any atom is -0.310 e. The summed E-state index contributed by atoms with van der Waals surface area (Å²) in [5, 5.41) is 7.89. The van der Waals surface area contributed by atoms with Crippen molar-refractivity contribution in [3.8, 4) is 0 Å². The van der Waals surface area contributed by atoms with E-state index in [1.807, 2.05) is 12.3 Å². The predicted molar refractivity (Wildman–Crippen MR) is 61.6 cm³/mol. The fourth-order valence-corrected chi connectivity index (χ4v) is 1.64. The molecule has 0 radical (unpaired) electrons. The van der Waals surface area contributed by atoms with Crippen molar-refractivity contribution >= 4 is 0 Å². The van der Waals surface area contributed by atoms with Crippen LogP contribution in [0.25, 0.3) is 0 Å². The number of hydrogen-bond acceptors (Lipinski definition) is 2. The molecule has 1 saturated carbocycles. The third kappa shape index (κ3) is 2.69. The monoisotopic (exact) mass is 205 g/mol. The fourth-order valence-electron chi connectivity index (χ4n) is 1.64. The molecule has 2 rings (SSSR count). The van der Waals surface area contributed by atoms with Gasteiger partial charge in [0.05, 0.1) is 6.20 Å². The lowest BCUT2D eigenvalue weighted by molar-refractivity contribution is 0.603. The highest BCUT2D eigenvalue weighted by atomic mass is 15.3. The van der Waals surface area contributed by atoms with Gasteiger partial charge in [-0.15, -0.1) is 6.58 Å². The zero-order valence-electron chi connectivity index (χ0n) is 9.37. The summed E-state index contributed by atoms with van der Waals surface area (Å²) < 4.78 is 2.06. The summed E-state index contributed by atoms with van der Waals surface area (Å²) in [5.41, 5.74) is 2.61. The Morgan fingerprint density at radius 1 is 1.67 bits per heavy atom. The van der Waals surface area contributed by atoms with E-state index in [1.165, 1.54) is 24.1 Å². The molecule has 1 heterocycles. The molecular weight excluding hydrogens is 186 g/mol. The first-order valence-corrected chi connectivity index (χ1v) is 5.67. The Morgan fingerprint density at radius 3 is 3.13 bits per heavy atom. The third-order valence-corrected chi connectivity index (χ3v) is 2.91. The summed E-state index contributed by atoms with van der Waals surface area (Å²) in [6.07, 6.45) is 7.57. The summed E-state index contributed by atoms with van der Waals surface area (Å²) in [4.78, 5) is 0. The maximum Gasteiger partial charge on any atom is 0.0537 e. The Kier molecular flexibility index (Phi) is 3.21. The maximum absolute atomic E-state index is 4.38. The number of hydrogen-bond donors (Lipinski definition) is 1. The van der Waals surface area contributed by atoms with Gasteiger partial charge >= 0.3 is 0 Å². The van der Waals surface area contributed by atoms with E-state index in [4.69, 9.17) is 0 Å². The average Bonchev–Trinajstić information content (AvgIpc) is 3.00. The van der Waals surface area contributed by atoms with Crippen molar-refractivity contribution in [2.75, 3.05) is 0 Å². The minimum absolute atomic E-state index is 0.765. The SMILES string of the molecule is C=CCCn1ncc(CNC2CC2)c1C. The average molecular weight is 205 g/mol. The Labute approximate surface area is 91.2 Å². The highest BCUT2D eigenvalue weighted by Crippen LogP contribution is 2.19. The first kappa shape index (κ1) is 10.4. The van der Waals surface area contributed by atoms with Gasteiger partial charge in [-0.1, -0.05) is 6.08 Å². The van der Waals surface area contributed by atoms with Gasteiger partial charge in [0.25, 0.3) is 0 Å². The molecule has 15 heavy (non-hydrogen) atoms. The molecule has 1 aromatic heterocycles. The molecule has 0 spiro atoms. The minimum atomic E-state index is 0.765. The molecule has 0 aliphatic heterocycles. The molecule has 0 saturated heterocycles. The molecule has 0 unspecified atom stereocenters. The molecule has 1 N–H and O–H groups in total. The van der Waals surface area contributed by atoms with Crippen LogP contribution in [-0.2, 0) is 13.1 Å². The standard InChI is InChI=1S/C12H19N3/c1-3-4-7-15-10(2)11(9-14-15)8-13-12-5-6-12/h3,9,12-13H,1,4-8H2,2H3. The van der Waals surface area contributed by atoms with Crippen LogP contribution in [-0.4, -0.2) is 15.8 Å². The van der Waals surface area contributed by atoms with Gasteiger partial charge in [-0.25, -0.2) is 0 Å². The number of aryl methyl sites for hydroxylation is 1. The van der Waals surface area contributed by atoms with Crippen molar-refractivity contribution in [3.63, 3.8) is 0 Å². The van der Waals surface area contributed by atoms with Crippen molar-refractivity contribution in [2.45, 2.75) is 45.3 Å². The van der Waals surface area contributed by atoms with Gasteiger partial charge in [0.2, 0.25) is 0 Å². The zero-order valence-corrected chi connectivity index (χ0v) is 9.37. The van der Waals surface area contributed by atoms with Crippen LogP contribution < -0.4 is 5.32 Å². The fraction of sp³-hybridized carbons (Fsp3) is 0.583. The van der Waals surface area contributed by atoms with E-state index in [9.17, 15) is 0 Å². The van der Waals surface area contributed by atoms with Crippen LogP contribution in [0.2, 0.25) is 0 Å². The lowest BCUT2D eigenvalue weighted by atomic mass is 10.2. The summed E-state index contributed by atoms with van der Waals surface area (Å²) in [7, 11) is 0. The molecule has 0 aromatic carbocycles. The Hall–Kier alpha value is -1.09. The van der Waals surface area contributed by atoms with Crippen LogP contribution in [0.15, 0.2) is 18.9 Å². The number of nitrogens with one attached hydrogen (secondary N) is 1. The zero-order chi connectivity index (χ0) is 10.7. The Balaban J connectivity index is 1.91. The first-order chi connectivity index (χ1) is 7.31. The van der Waals surface area contributed by atoms with Gasteiger partial charge in [0.1, 0.15) is 0 Å². The second-order valence-electron chi connectivity index (χ2n) is 4.21. The van der Waals surface area contributed by atoms with E-state index in [-0.39, 0.29) is 0 Å². The lowest BCUT2D eigenvalue weighted by Gasteiger charge is -2.04. The van der Waals surface area contributed by atoms with Crippen LogP contribution in [0.5, 0.6) is 0 Å². The van der Waals surface area contributed by atoms with E-state index >= 15 is 0 Å². The van der Waals surface area contributed by atoms with E-state index in [2.05, 4.69) is 28.6 Å². The Bertz CT molecular complexity index is 337. The number of rotatable bonds is 6. The van der Waals surface area contributed by atoms with E-state index in [0.717, 1.165) is 25.6 Å². The van der Waals surface area contributed by atoms with Gasteiger partial charge in [0, 0.05) is 30.4 Å². The van der Waals surface area contributed by atoms with Crippen LogP contribution in [0.1, 0.15) is 30.5 Å².